The summed E-state index contributed by atoms with van der Waals surface area (Å²) >= 11 is 5.69. The highest BCUT2D eigenvalue weighted by Gasteiger charge is 2.34. The summed E-state index contributed by atoms with van der Waals surface area (Å²) in [6.07, 6.45) is -0.222. The molecule has 1 saturated heterocycles. The van der Waals surface area contributed by atoms with Crippen molar-refractivity contribution in [3.63, 3.8) is 0 Å². The molecule has 2 heterocycles. The fourth-order valence-electron chi connectivity index (χ4n) is 4.80. The second-order valence-electron chi connectivity index (χ2n) is 9.60. The summed E-state index contributed by atoms with van der Waals surface area (Å²) in [7, 11) is -4.15. The molecule has 0 saturated carbocycles. The van der Waals surface area contributed by atoms with Crippen LogP contribution in [0.1, 0.15) is 40.4 Å². The maximum Gasteiger partial charge on any atom is 0.417 e. The Balaban J connectivity index is 1.26. The van der Waals surface area contributed by atoms with Gasteiger partial charge in [-0.2, -0.15) is 26.9 Å². The van der Waals surface area contributed by atoms with E-state index >= 15 is 0 Å². The van der Waals surface area contributed by atoms with E-state index in [1.807, 2.05) is 10.6 Å². The average Bonchev–Trinajstić information content (AvgIpc) is 3.47. The lowest BCUT2D eigenvalue weighted by Gasteiger charge is -2.33. The third kappa shape index (κ3) is 6.12. The van der Waals surface area contributed by atoms with Crippen LogP contribution in [-0.4, -0.2) is 41.9 Å². The number of hydrogen-bond acceptors (Lipinski definition) is 6. The minimum absolute atomic E-state index is 0.0220. The van der Waals surface area contributed by atoms with Crippen LogP contribution in [-0.2, 0) is 16.3 Å². The summed E-state index contributed by atoms with van der Waals surface area (Å²) < 4.78 is 72.3. The number of carbonyl (C=O) groups is 1. The lowest BCUT2D eigenvalue weighted by Crippen LogP contribution is -2.39. The van der Waals surface area contributed by atoms with E-state index < -0.39 is 32.8 Å². The molecule has 0 atom stereocenters. The minimum Gasteiger partial charge on any atom is -0.379 e. The van der Waals surface area contributed by atoms with Crippen molar-refractivity contribution in [1.29, 1.82) is 5.26 Å². The number of nitrogens with zero attached hydrogens (tertiary/aromatic N) is 4. The zero-order chi connectivity index (χ0) is 30.1. The molecule has 0 bridgehead atoms. The van der Waals surface area contributed by atoms with Crippen LogP contribution >= 0.6 is 11.6 Å². The first-order valence-electron chi connectivity index (χ1n) is 12.7. The maximum atomic E-state index is 13.2. The van der Waals surface area contributed by atoms with Gasteiger partial charge in [0.1, 0.15) is 10.6 Å². The lowest BCUT2D eigenvalue weighted by atomic mass is 10.0. The topological polar surface area (TPSA) is 105 Å². The summed E-state index contributed by atoms with van der Waals surface area (Å²) in [5.41, 5.74) is 0.594. The number of imidazole rings is 1. The van der Waals surface area contributed by atoms with E-state index in [-0.39, 0.29) is 27.8 Å². The van der Waals surface area contributed by atoms with Gasteiger partial charge in [0.2, 0.25) is 0 Å². The van der Waals surface area contributed by atoms with Crippen LogP contribution in [0.2, 0.25) is 5.02 Å². The number of halogens is 4. The molecular weight excluding hydrogens is 593 g/mol. The van der Waals surface area contributed by atoms with Crippen molar-refractivity contribution in [3.05, 3.63) is 101 Å². The molecule has 13 heteroatoms. The van der Waals surface area contributed by atoms with Crippen LogP contribution in [0.15, 0.2) is 84.1 Å². The average molecular weight is 615 g/mol. The monoisotopic (exact) mass is 614 g/mol. The van der Waals surface area contributed by atoms with Crippen LogP contribution in [0, 0.1) is 11.3 Å². The fourth-order valence-corrected chi connectivity index (χ4v) is 6.00. The van der Waals surface area contributed by atoms with Gasteiger partial charge in [-0.1, -0.05) is 17.7 Å². The highest BCUT2D eigenvalue weighted by atomic mass is 35.5. The van der Waals surface area contributed by atoms with Gasteiger partial charge in [0.05, 0.1) is 40.4 Å². The number of rotatable bonds is 6. The summed E-state index contributed by atoms with van der Waals surface area (Å²) in [5.74, 6) is -0.402. The molecule has 42 heavy (non-hydrogen) atoms. The number of aromatic nitrogens is 2. The van der Waals surface area contributed by atoms with Gasteiger partial charge < -0.3 is 13.7 Å². The molecule has 5 rings (SSSR count). The Labute approximate surface area is 244 Å². The SMILES string of the molecule is N#Cc1cccc(S(=O)(=O)Oc2ccc(-c3cncn3C3CCN(C(=O)c4ccc(Cl)c(C(F)(F)F)c4)CC3)cc2)c1. The zero-order valence-corrected chi connectivity index (χ0v) is 23.3. The predicted molar refractivity (Wildman–Crippen MR) is 147 cm³/mol. The molecule has 3 aromatic carbocycles. The van der Waals surface area contributed by atoms with Gasteiger partial charge in [0.15, 0.2) is 0 Å². The molecular formula is C29H22ClF3N4O4S. The second kappa shape index (κ2) is 11.5. The molecule has 0 radical (unpaired) electrons. The number of hydrogen-bond donors (Lipinski definition) is 0. The molecule has 1 aromatic heterocycles. The number of alkyl halides is 3. The van der Waals surface area contributed by atoms with Crippen LogP contribution < -0.4 is 4.18 Å². The van der Waals surface area contributed by atoms with E-state index in [1.165, 1.54) is 47.4 Å². The van der Waals surface area contributed by atoms with E-state index in [0.29, 0.717) is 25.9 Å². The number of nitriles is 1. The smallest absolute Gasteiger partial charge is 0.379 e. The largest absolute Gasteiger partial charge is 0.417 e. The fraction of sp³-hybridized carbons (Fsp3) is 0.207. The Morgan fingerprint density at radius 3 is 2.43 bits per heavy atom. The van der Waals surface area contributed by atoms with Gasteiger partial charge in [-0.05, 0) is 73.5 Å². The quantitative estimate of drug-likeness (QED) is 0.235. The molecule has 1 aliphatic rings. The van der Waals surface area contributed by atoms with Gasteiger partial charge in [-0.3, -0.25) is 4.79 Å². The summed E-state index contributed by atoms with van der Waals surface area (Å²) in [6, 6.07) is 17.0. The molecule has 0 unspecified atom stereocenters. The third-order valence-electron chi connectivity index (χ3n) is 6.94. The van der Waals surface area contributed by atoms with Crippen molar-refractivity contribution in [1.82, 2.24) is 14.5 Å². The van der Waals surface area contributed by atoms with Crippen molar-refractivity contribution < 1.29 is 30.6 Å². The first kappa shape index (κ1) is 29.2. The Morgan fingerprint density at radius 2 is 1.76 bits per heavy atom. The Hall–Kier alpha value is -4.34. The summed E-state index contributed by atoms with van der Waals surface area (Å²) in [4.78, 5) is 18.6. The van der Waals surface area contributed by atoms with E-state index in [1.54, 1.807) is 24.7 Å². The Bertz CT molecular complexity index is 1780. The number of piperidine rings is 1. The van der Waals surface area contributed by atoms with Crippen LogP contribution in [0.4, 0.5) is 13.2 Å². The minimum atomic E-state index is -4.67. The van der Waals surface area contributed by atoms with Crippen LogP contribution in [0.3, 0.4) is 0 Å². The van der Waals surface area contributed by atoms with E-state index in [9.17, 15) is 26.4 Å². The Kier molecular flexibility index (Phi) is 7.99. The molecule has 1 fully saturated rings. The van der Waals surface area contributed by atoms with E-state index in [4.69, 9.17) is 21.0 Å². The van der Waals surface area contributed by atoms with Gasteiger partial charge in [0, 0.05) is 30.3 Å². The van der Waals surface area contributed by atoms with Crippen molar-refractivity contribution in [2.75, 3.05) is 13.1 Å². The number of likely N-dealkylation sites (tertiary alicyclic amines) is 1. The van der Waals surface area contributed by atoms with Gasteiger partial charge in [-0.25, -0.2) is 4.98 Å². The standard InChI is InChI=1S/C29H22ClF3N4O4S/c30-26-9-6-21(15-25(26)29(31,32)33)28(38)36-12-10-22(11-13-36)37-18-35-17-27(37)20-4-7-23(8-5-20)41-42(39,40)24-3-1-2-19(14-24)16-34/h1-9,14-15,17-18,22H,10-13H2. The molecule has 0 aliphatic carbocycles. The molecule has 0 spiro atoms. The normalized spacial score (nSPS) is 14.4. The second-order valence-corrected chi connectivity index (χ2v) is 11.6. The third-order valence-corrected chi connectivity index (χ3v) is 8.51. The van der Waals surface area contributed by atoms with Gasteiger partial charge in [0.25, 0.3) is 5.91 Å². The highest BCUT2D eigenvalue weighted by molar-refractivity contribution is 7.87. The summed E-state index contributed by atoms with van der Waals surface area (Å²) in [5, 5.41) is 8.57. The molecule has 1 amide bonds. The Morgan fingerprint density at radius 1 is 1.05 bits per heavy atom. The van der Waals surface area contributed by atoms with Gasteiger partial charge >= 0.3 is 16.3 Å². The first-order chi connectivity index (χ1) is 20.0. The van der Waals surface area contributed by atoms with Crippen molar-refractivity contribution in [2.24, 2.45) is 0 Å². The van der Waals surface area contributed by atoms with Crippen molar-refractivity contribution in [3.8, 4) is 23.1 Å². The highest BCUT2D eigenvalue weighted by Crippen LogP contribution is 2.36. The summed E-state index contributed by atoms with van der Waals surface area (Å²) in [6.45, 7) is 0.672. The van der Waals surface area contributed by atoms with Crippen LogP contribution in [0.25, 0.3) is 11.3 Å². The van der Waals surface area contributed by atoms with Crippen molar-refractivity contribution >= 4 is 27.6 Å². The lowest BCUT2D eigenvalue weighted by molar-refractivity contribution is -0.137. The number of carbonyl (C=O) groups excluding carboxylic acids is 1. The van der Waals surface area contributed by atoms with Crippen molar-refractivity contribution in [2.45, 2.75) is 30.0 Å². The first-order valence-corrected chi connectivity index (χ1v) is 14.5. The molecule has 1 aliphatic heterocycles. The molecule has 4 aromatic rings. The predicted octanol–water partition coefficient (Wildman–Crippen LogP) is 6.34. The molecule has 0 N–H and O–H groups in total. The van der Waals surface area contributed by atoms with E-state index in [0.717, 1.165) is 23.4 Å². The van der Waals surface area contributed by atoms with Crippen LogP contribution in [0.5, 0.6) is 5.75 Å². The number of benzene rings is 3. The maximum absolute atomic E-state index is 13.2. The molecule has 216 valence electrons. The van der Waals surface area contributed by atoms with E-state index in [2.05, 4.69) is 4.98 Å². The number of amides is 1. The van der Waals surface area contributed by atoms with Gasteiger partial charge in [-0.15, -0.1) is 0 Å². The zero-order valence-electron chi connectivity index (χ0n) is 21.8. The molecule has 8 nitrogen and oxygen atoms in total.